The number of fused-ring (bicyclic) bond motifs is 1. The van der Waals surface area contributed by atoms with E-state index < -0.39 is 0 Å². The smallest absolute Gasteiger partial charge is 0.161 e. The third-order valence-electron chi connectivity index (χ3n) is 3.76. The minimum absolute atomic E-state index is 0.154. The Balaban J connectivity index is 2.26. The number of ether oxygens (including phenoxy) is 2. The number of nitrogens with one attached hydrogen (secondary N) is 1. The van der Waals surface area contributed by atoms with Gasteiger partial charge in [0.2, 0.25) is 0 Å². The Morgan fingerprint density at radius 1 is 1.25 bits per heavy atom. The molecule has 1 aromatic carbocycles. The first-order valence-corrected chi connectivity index (χ1v) is 7.45. The molecule has 2 N–H and O–H groups in total. The number of rotatable bonds is 6. The van der Waals surface area contributed by atoms with E-state index in [-0.39, 0.29) is 12.1 Å². The van der Waals surface area contributed by atoms with Gasteiger partial charge in [0.1, 0.15) is 0 Å². The van der Waals surface area contributed by atoms with Gasteiger partial charge in [0.05, 0.1) is 13.2 Å². The highest BCUT2D eigenvalue weighted by molar-refractivity contribution is 5.45. The first-order chi connectivity index (χ1) is 9.69. The average Bonchev–Trinajstić information content (AvgIpc) is 2.70. The minimum atomic E-state index is -0.241. The van der Waals surface area contributed by atoms with Crippen LogP contribution in [0.4, 0.5) is 0 Å². The molecule has 0 radical (unpaired) electrons. The van der Waals surface area contributed by atoms with Crippen LogP contribution < -0.4 is 14.8 Å². The Morgan fingerprint density at radius 2 is 2.00 bits per heavy atom. The van der Waals surface area contributed by atoms with Gasteiger partial charge < -0.3 is 19.9 Å². The van der Waals surface area contributed by atoms with Gasteiger partial charge in [-0.05, 0) is 44.0 Å². The Kier molecular flexibility index (Phi) is 5.26. The van der Waals surface area contributed by atoms with E-state index in [1.807, 2.05) is 12.1 Å². The molecule has 0 fully saturated rings. The second-order valence-electron chi connectivity index (χ2n) is 5.44. The molecule has 0 amide bonds. The van der Waals surface area contributed by atoms with Gasteiger partial charge >= 0.3 is 0 Å². The summed E-state index contributed by atoms with van der Waals surface area (Å²) in [6.07, 6.45) is 2.64. The summed E-state index contributed by atoms with van der Waals surface area (Å²) in [5.41, 5.74) is 0.888. The van der Waals surface area contributed by atoms with E-state index in [1.165, 1.54) is 0 Å². The van der Waals surface area contributed by atoms with Gasteiger partial charge in [0, 0.05) is 18.6 Å². The predicted octanol–water partition coefficient (Wildman–Crippen LogP) is 2.45. The molecule has 1 atom stereocenters. The third kappa shape index (κ3) is 3.44. The first kappa shape index (κ1) is 15.1. The lowest BCUT2D eigenvalue weighted by atomic mass is 9.88. The number of hydrogen-bond donors (Lipinski definition) is 2. The average molecular weight is 279 g/mol. The van der Waals surface area contributed by atoms with Crippen molar-refractivity contribution >= 4 is 0 Å². The molecule has 0 aromatic heterocycles. The van der Waals surface area contributed by atoms with Crippen LogP contribution in [0.15, 0.2) is 18.2 Å². The molecule has 0 aliphatic carbocycles. The fraction of sp³-hybridized carbons (Fsp3) is 0.625. The van der Waals surface area contributed by atoms with Crippen LogP contribution in [0.3, 0.4) is 0 Å². The quantitative estimate of drug-likeness (QED) is 0.840. The highest BCUT2D eigenvalue weighted by Gasteiger charge is 2.26. The van der Waals surface area contributed by atoms with Gasteiger partial charge in [-0.2, -0.15) is 0 Å². The van der Waals surface area contributed by atoms with Crippen LogP contribution in [-0.4, -0.2) is 31.5 Å². The maximum Gasteiger partial charge on any atom is 0.161 e. The Hall–Kier alpha value is -1.26. The van der Waals surface area contributed by atoms with E-state index in [0.29, 0.717) is 19.6 Å². The fourth-order valence-electron chi connectivity index (χ4n) is 2.47. The molecular formula is C16H25NO3. The normalized spacial score (nSPS) is 17.4. The van der Waals surface area contributed by atoms with E-state index in [4.69, 9.17) is 9.47 Å². The second-order valence-corrected chi connectivity index (χ2v) is 5.44. The Bertz CT molecular complexity index is 436. The zero-order valence-corrected chi connectivity index (χ0v) is 12.4. The van der Waals surface area contributed by atoms with Gasteiger partial charge in [0.25, 0.3) is 0 Å². The molecule has 1 aliphatic heterocycles. The van der Waals surface area contributed by atoms with Crippen LogP contribution in [0.1, 0.15) is 38.7 Å². The highest BCUT2D eigenvalue weighted by Crippen LogP contribution is 2.35. The summed E-state index contributed by atoms with van der Waals surface area (Å²) in [4.78, 5) is 0. The number of hydrogen-bond acceptors (Lipinski definition) is 4. The maximum atomic E-state index is 9.35. The lowest BCUT2D eigenvalue weighted by Crippen LogP contribution is -2.40. The van der Waals surface area contributed by atoms with Crippen LogP contribution in [0.2, 0.25) is 0 Å². The first-order valence-electron chi connectivity index (χ1n) is 7.45. The zero-order chi connectivity index (χ0) is 14.4. The van der Waals surface area contributed by atoms with Crippen molar-refractivity contribution in [1.82, 2.24) is 5.32 Å². The zero-order valence-electron chi connectivity index (χ0n) is 12.4. The van der Waals surface area contributed by atoms with Crippen molar-refractivity contribution in [3.05, 3.63) is 23.8 Å². The van der Waals surface area contributed by atoms with E-state index in [9.17, 15) is 5.11 Å². The van der Waals surface area contributed by atoms with Crippen molar-refractivity contribution in [3.63, 3.8) is 0 Å². The van der Waals surface area contributed by atoms with Crippen LogP contribution in [0.5, 0.6) is 11.5 Å². The molecule has 1 aromatic rings. The van der Waals surface area contributed by atoms with Crippen molar-refractivity contribution in [2.45, 2.75) is 38.6 Å². The van der Waals surface area contributed by atoms with E-state index in [0.717, 1.165) is 36.4 Å². The van der Waals surface area contributed by atoms with Crippen molar-refractivity contribution in [2.24, 2.45) is 0 Å². The minimum Gasteiger partial charge on any atom is -0.490 e. The van der Waals surface area contributed by atoms with Crippen LogP contribution >= 0.6 is 0 Å². The summed E-state index contributed by atoms with van der Waals surface area (Å²) in [6.45, 7) is 6.73. The molecule has 1 heterocycles. The summed E-state index contributed by atoms with van der Waals surface area (Å²) in [5, 5.41) is 12.9. The molecule has 4 heteroatoms. The molecule has 1 unspecified atom stereocenters. The Labute approximate surface area is 121 Å². The highest BCUT2D eigenvalue weighted by atomic mass is 16.5. The van der Waals surface area contributed by atoms with Gasteiger partial charge in [-0.15, -0.1) is 0 Å². The summed E-state index contributed by atoms with van der Waals surface area (Å²) in [5.74, 6) is 1.62. The molecular weight excluding hydrogens is 254 g/mol. The standard InChI is InChI=1S/C16H25NO3/c1-3-8-17-16(2,7-9-18)13-5-6-14-15(12-13)20-11-4-10-19-14/h5-6,12,17-18H,3-4,7-11H2,1-2H3. The van der Waals surface area contributed by atoms with E-state index in [2.05, 4.69) is 25.2 Å². The lowest BCUT2D eigenvalue weighted by molar-refractivity contribution is 0.220. The molecule has 0 bridgehead atoms. The number of aliphatic hydroxyl groups excluding tert-OH is 1. The van der Waals surface area contributed by atoms with Gasteiger partial charge in [-0.1, -0.05) is 13.0 Å². The van der Waals surface area contributed by atoms with Gasteiger partial charge in [-0.25, -0.2) is 0 Å². The van der Waals surface area contributed by atoms with Crippen LogP contribution in [0, 0.1) is 0 Å². The van der Waals surface area contributed by atoms with Crippen molar-refractivity contribution < 1.29 is 14.6 Å². The van der Waals surface area contributed by atoms with Crippen molar-refractivity contribution in [1.29, 1.82) is 0 Å². The summed E-state index contributed by atoms with van der Waals surface area (Å²) < 4.78 is 11.4. The third-order valence-corrected chi connectivity index (χ3v) is 3.76. The monoisotopic (exact) mass is 279 g/mol. The molecule has 1 aliphatic rings. The molecule has 0 saturated heterocycles. The molecule has 112 valence electrons. The van der Waals surface area contributed by atoms with Gasteiger partial charge in [0.15, 0.2) is 11.5 Å². The Morgan fingerprint density at radius 3 is 2.70 bits per heavy atom. The molecule has 20 heavy (non-hydrogen) atoms. The lowest BCUT2D eigenvalue weighted by Gasteiger charge is -2.31. The SMILES string of the molecule is CCCNC(C)(CCO)c1ccc2c(c1)OCCCO2. The van der Waals surface area contributed by atoms with E-state index >= 15 is 0 Å². The van der Waals surface area contributed by atoms with Gasteiger partial charge in [-0.3, -0.25) is 0 Å². The molecule has 0 saturated carbocycles. The summed E-state index contributed by atoms with van der Waals surface area (Å²) in [6, 6.07) is 6.07. The van der Waals surface area contributed by atoms with Crippen molar-refractivity contribution in [3.8, 4) is 11.5 Å². The van der Waals surface area contributed by atoms with Crippen molar-refractivity contribution in [2.75, 3.05) is 26.4 Å². The largest absolute Gasteiger partial charge is 0.490 e. The summed E-state index contributed by atoms with van der Waals surface area (Å²) >= 11 is 0. The number of benzene rings is 1. The van der Waals surface area contributed by atoms with Crippen LogP contribution in [0.25, 0.3) is 0 Å². The molecule has 2 rings (SSSR count). The maximum absolute atomic E-state index is 9.35. The summed E-state index contributed by atoms with van der Waals surface area (Å²) in [7, 11) is 0. The molecule has 0 spiro atoms. The van der Waals surface area contributed by atoms with E-state index in [1.54, 1.807) is 0 Å². The number of aliphatic hydroxyl groups is 1. The fourth-order valence-corrected chi connectivity index (χ4v) is 2.47. The topological polar surface area (TPSA) is 50.7 Å². The predicted molar refractivity (Wildman–Crippen MR) is 79.4 cm³/mol. The van der Waals surface area contributed by atoms with Crippen LogP contribution in [-0.2, 0) is 5.54 Å². The second kappa shape index (κ2) is 6.95. The molecule has 4 nitrogen and oxygen atoms in total.